The van der Waals surface area contributed by atoms with E-state index in [1.54, 1.807) is 12.1 Å². The van der Waals surface area contributed by atoms with Gasteiger partial charge in [0.1, 0.15) is 0 Å². The Balaban J connectivity index is 2.22. The minimum absolute atomic E-state index is 0.333. The van der Waals surface area contributed by atoms with Crippen LogP contribution in [0.1, 0.15) is 10.4 Å². The summed E-state index contributed by atoms with van der Waals surface area (Å²) in [6, 6.07) is 14.8. The van der Waals surface area contributed by atoms with Crippen molar-refractivity contribution in [1.29, 1.82) is 0 Å². The Morgan fingerprint density at radius 1 is 1.00 bits per heavy atom. The van der Waals surface area contributed by atoms with Gasteiger partial charge in [-0.3, -0.25) is 0 Å². The van der Waals surface area contributed by atoms with Crippen LogP contribution >= 0.6 is 11.6 Å². The van der Waals surface area contributed by atoms with Crippen molar-refractivity contribution in [3.05, 3.63) is 59.1 Å². The molecule has 0 N–H and O–H groups in total. The molecule has 19 heavy (non-hydrogen) atoms. The minimum Gasteiger partial charge on any atom is -0.465 e. The van der Waals surface area contributed by atoms with Crippen molar-refractivity contribution in [2.75, 3.05) is 19.1 Å². The maximum atomic E-state index is 11.4. The van der Waals surface area contributed by atoms with Crippen LogP contribution in [-0.2, 0) is 4.74 Å². The Morgan fingerprint density at radius 2 is 1.47 bits per heavy atom. The summed E-state index contributed by atoms with van der Waals surface area (Å²) in [6.45, 7) is 0. The third kappa shape index (κ3) is 3.06. The predicted octanol–water partition coefficient (Wildman–Crippen LogP) is 3.89. The summed E-state index contributed by atoms with van der Waals surface area (Å²) >= 11 is 5.86. The van der Waals surface area contributed by atoms with Crippen LogP contribution in [0.2, 0.25) is 5.02 Å². The van der Waals surface area contributed by atoms with Crippen LogP contribution in [0.3, 0.4) is 0 Å². The third-order valence-corrected chi connectivity index (χ3v) is 3.14. The highest BCUT2D eigenvalue weighted by atomic mass is 35.5. The molecule has 0 saturated carbocycles. The van der Waals surface area contributed by atoms with E-state index in [1.807, 2.05) is 48.3 Å². The van der Waals surface area contributed by atoms with Gasteiger partial charge in [-0.2, -0.15) is 0 Å². The zero-order chi connectivity index (χ0) is 13.8. The molecule has 98 valence electrons. The Hall–Kier alpha value is -2.00. The number of benzene rings is 2. The summed E-state index contributed by atoms with van der Waals surface area (Å²) in [5.41, 5.74) is 2.54. The maximum Gasteiger partial charge on any atom is 0.337 e. The standard InChI is InChI=1S/C15H14ClNO2/c1-17(14-9-5-12(16)6-10-14)13-7-3-11(4-8-13)15(18)19-2/h3-10H,1-2H3. The molecule has 4 heteroatoms. The van der Waals surface area contributed by atoms with E-state index in [4.69, 9.17) is 11.6 Å². The molecule has 0 unspecified atom stereocenters. The van der Waals surface area contributed by atoms with E-state index in [-0.39, 0.29) is 5.97 Å². The van der Waals surface area contributed by atoms with Gasteiger partial charge in [-0.15, -0.1) is 0 Å². The first kappa shape index (κ1) is 13.4. The van der Waals surface area contributed by atoms with Crippen molar-refractivity contribution in [1.82, 2.24) is 0 Å². The fraction of sp³-hybridized carbons (Fsp3) is 0.133. The summed E-state index contributed by atoms with van der Waals surface area (Å²) in [7, 11) is 3.33. The molecule has 0 saturated heterocycles. The first-order valence-electron chi connectivity index (χ1n) is 5.79. The second-order valence-electron chi connectivity index (χ2n) is 4.07. The number of nitrogens with zero attached hydrogens (tertiary/aromatic N) is 1. The topological polar surface area (TPSA) is 29.5 Å². The molecule has 0 aliphatic rings. The lowest BCUT2D eigenvalue weighted by Gasteiger charge is -2.19. The van der Waals surface area contributed by atoms with Crippen molar-refractivity contribution in [2.45, 2.75) is 0 Å². The number of ether oxygens (including phenoxy) is 1. The van der Waals surface area contributed by atoms with E-state index in [0.717, 1.165) is 11.4 Å². The van der Waals surface area contributed by atoms with Gasteiger partial charge in [-0.25, -0.2) is 4.79 Å². The lowest BCUT2D eigenvalue weighted by Crippen LogP contribution is -2.09. The molecule has 0 aliphatic heterocycles. The molecule has 0 amide bonds. The number of hydrogen-bond acceptors (Lipinski definition) is 3. The van der Waals surface area contributed by atoms with E-state index >= 15 is 0 Å². The second kappa shape index (κ2) is 5.76. The van der Waals surface area contributed by atoms with Crippen LogP contribution in [0, 0.1) is 0 Å². The highest BCUT2D eigenvalue weighted by Gasteiger charge is 2.07. The fourth-order valence-corrected chi connectivity index (χ4v) is 1.88. The number of carbonyl (C=O) groups is 1. The average Bonchev–Trinajstić information content (AvgIpc) is 2.46. The van der Waals surface area contributed by atoms with Gasteiger partial charge >= 0.3 is 5.97 Å². The molecule has 0 bridgehead atoms. The average molecular weight is 276 g/mol. The molecule has 2 aromatic rings. The number of hydrogen-bond donors (Lipinski definition) is 0. The second-order valence-corrected chi connectivity index (χ2v) is 4.51. The molecule has 0 aromatic heterocycles. The summed E-state index contributed by atoms with van der Waals surface area (Å²) < 4.78 is 4.67. The molecule has 0 atom stereocenters. The lowest BCUT2D eigenvalue weighted by molar-refractivity contribution is 0.0601. The molecule has 0 heterocycles. The van der Waals surface area contributed by atoms with Gasteiger partial charge in [-0.1, -0.05) is 11.6 Å². The minimum atomic E-state index is -0.333. The molecule has 0 aliphatic carbocycles. The predicted molar refractivity (Wildman–Crippen MR) is 77.3 cm³/mol. The Morgan fingerprint density at radius 3 is 1.95 bits per heavy atom. The molecule has 2 rings (SSSR count). The molecule has 0 spiro atoms. The smallest absolute Gasteiger partial charge is 0.337 e. The Bertz CT molecular complexity index is 564. The first-order valence-corrected chi connectivity index (χ1v) is 6.17. The van der Waals surface area contributed by atoms with Gasteiger partial charge in [0.25, 0.3) is 0 Å². The van der Waals surface area contributed by atoms with Gasteiger partial charge in [0.2, 0.25) is 0 Å². The van der Waals surface area contributed by atoms with Gasteiger partial charge < -0.3 is 9.64 Å². The van der Waals surface area contributed by atoms with Gasteiger partial charge in [0, 0.05) is 23.4 Å². The number of rotatable bonds is 3. The van der Waals surface area contributed by atoms with Crippen molar-refractivity contribution in [3.8, 4) is 0 Å². The summed E-state index contributed by atoms with van der Waals surface area (Å²) in [4.78, 5) is 13.4. The van der Waals surface area contributed by atoms with Gasteiger partial charge in [0.05, 0.1) is 12.7 Å². The SMILES string of the molecule is COC(=O)c1ccc(N(C)c2ccc(Cl)cc2)cc1. The van der Waals surface area contributed by atoms with Gasteiger partial charge in [0.15, 0.2) is 0 Å². The molecule has 0 fully saturated rings. The number of methoxy groups -OCH3 is 1. The van der Waals surface area contributed by atoms with Crippen LogP contribution in [0.4, 0.5) is 11.4 Å². The van der Waals surface area contributed by atoms with Crippen molar-refractivity contribution < 1.29 is 9.53 Å². The molecular weight excluding hydrogens is 262 g/mol. The molecule has 0 radical (unpaired) electrons. The quantitative estimate of drug-likeness (QED) is 0.796. The third-order valence-electron chi connectivity index (χ3n) is 2.89. The molecular formula is C15H14ClNO2. The zero-order valence-electron chi connectivity index (χ0n) is 10.8. The summed E-state index contributed by atoms with van der Waals surface area (Å²) in [5.74, 6) is -0.333. The van der Waals surface area contributed by atoms with Crippen molar-refractivity contribution >= 4 is 28.9 Å². The van der Waals surface area contributed by atoms with Crippen LogP contribution < -0.4 is 4.90 Å². The number of halogens is 1. The maximum absolute atomic E-state index is 11.4. The highest BCUT2D eigenvalue weighted by molar-refractivity contribution is 6.30. The van der Waals surface area contributed by atoms with Crippen molar-refractivity contribution in [2.24, 2.45) is 0 Å². The Kier molecular flexibility index (Phi) is 4.07. The van der Waals surface area contributed by atoms with Gasteiger partial charge in [-0.05, 0) is 48.5 Å². The normalized spacial score (nSPS) is 10.1. The first-order chi connectivity index (χ1) is 9.11. The summed E-state index contributed by atoms with van der Waals surface area (Å²) in [6.07, 6.45) is 0. The highest BCUT2D eigenvalue weighted by Crippen LogP contribution is 2.25. The number of anilines is 2. The number of carbonyl (C=O) groups excluding carboxylic acids is 1. The van der Waals surface area contributed by atoms with E-state index < -0.39 is 0 Å². The Labute approximate surface area is 117 Å². The van der Waals surface area contributed by atoms with Crippen molar-refractivity contribution in [3.63, 3.8) is 0 Å². The van der Waals surface area contributed by atoms with E-state index in [2.05, 4.69) is 4.74 Å². The van der Waals surface area contributed by atoms with Crippen LogP contribution in [-0.4, -0.2) is 20.1 Å². The van der Waals surface area contributed by atoms with E-state index in [1.165, 1.54) is 7.11 Å². The van der Waals surface area contributed by atoms with Crippen LogP contribution in [0.5, 0.6) is 0 Å². The largest absolute Gasteiger partial charge is 0.465 e. The molecule has 2 aromatic carbocycles. The fourth-order valence-electron chi connectivity index (χ4n) is 1.75. The monoisotopic (exact) mass is 275 g/mol. The van der Waals surface area contributed by atoms with E-state index in [9.17, 15) is 4.79 Å². The van der Waals surface area contributed by atoms with Crippen LogP contribution in [0.25, 0.3) is 0 Å². The van der Waals surface area contributed by atoms with E-state index in [0.29, 0.717) is 10.6 Å². The summed E-state index contributed by atoms with van der Waals surface area (Å²) in [5, 5.41) is 0.707. The number of esters is 1. The lowest BCUT2D eigenvalue weighted by atomic mass is 10.2. The molecule has 3 nitrogen and oxygen atoms in total. The van der Waals surface area contributed by atoms with Crippen LogP contribution in [0.15, 0.2) is 48.5 Å². The zero-order valence-corrected chi connectivity index (χ0v) is 11.5.